The Labute approximate surface area is 201 Å². The number of anilines is 1. The van der Waals surface area contributed by atoms with Crippen LogP contribution in [0.1, 0.15) is 42.6 Å². The molecule has 1 heterocycles. The van der Waals surface area contributed by atoms with E-state index in [1.807, 2.05) is 0 Å². The van der Waals surface area contributed by atoms with Crippen molar-refractivity contribution in [2.24, 2.45) is 0 Å². The number of amides is 1. The van der Waals surface area contributed by atoms with E-state index in [0.29, 0.717) is 17.0 Å². The van der Waals surface area contributed by atoms with Gasteiger partial charge in [0.1, 0.15) is 0 Å². The number of carbonyl (C=O) groups is 3. The summed E-state index contributed by atoms with van der Waals surface area (Å²) < 4.78 is 10.0. The van der Waals surface area contributed by atoms with Gasteiger partial charge in [0, 0.05) is 29.1 Å². The molecule has 3 rings (SSSR count). The van der Waals surface area contributed by atoms with E-state index >= 15 is 0 Å². The predicted octanol–water partition coefficient (Wildman–Crippen LogP) is 3.82. The van der Waals surface area contributed by atoms with Gasteiger partial charge in [0.15, 0.2) is 0 Å². The van der Waals surface area contributed by atoms with Gasteiger partial charge in [0.05, 0.1) is 41.4 Å². The number of esters is 2. The van der Waals surface area contributed by atoms with Crippen LogP contribution in [-0.4, -0.2) is 36.5 Å². The first kappa shape index (κ1) is 25.2. The van der Waals surface area contributed by atoms with E-state index in [4.69, 9.17) is 9.47 Å². The molecule has 0 radical (unpaired) electrons. The van der Waals surface area contributed by atoms with E-state index in [-0.39, 0.29) is 34.7 Å². The standard InChI is InChI=1S/C25H25N3O7/c1-5-35-24(30)18-11-6-7-12-19(18)27-23(29)20-14(2)26-15(3)21(25(31)34-4)22(20)16-9-8-10-17(13-16)28(32)33/h6-13,22,26H,5H2,1-4H3,(H,27,29). The second kappa shape index (κ2) is 10.6. The summed E-state index contributed by atoms with van der Waals surface area (Å²) in [6.45, 7) is 5.16. The molecule has 10 nitrogen and oxygen atoms in total. The fourth-order valence-corrected chi connectivity index (χ4v) is 4.00. The van der Waals surface area contributed by atoms with Crippen LogP contribution in [0.3, 0.4) is 0 Å². The number of nitrogens with one attached hydrogen (secondary N) is 2. The van der Waals surface area contributed by atoms with Gasteiger partial charge >= 0.3 is 11.9 Å². The fraction of sp³-hybridized carbons (Fsp3) is 0.240. The molecule has 10 heteroatoms. The van der Waals surface area contributed by atoms with E-state index in [0.717, 1.165) is 0 Å². The van der Waals surface area contributed by atoms with E-state index < -0.39 is 28.7 Å². The van der Waals surface area contributed by atoms with Gasteiger partial charge in [0.2, 0.25) is 0 Å². The summed E-state index contributed by atoms with van der Waals surface area (Å²) in [4.78, 5) is 49.6. The third-order valence-electron chi connectivity index (χ3n) is 5.50. The maximum Gasteiger partial charge on any atom is 0.340 e. The van der Waals surface area contributed by atoms with Crippen molar-refractivity contribution in [3.8, 4) is 0 Å². The smallest absolute Gasteiger partial charge is 0.340 e. The summed E-state index contributed by atoms with van der Waals surface area (Å²) in [5, 5.41) is 17.2. The Kier molecular flexibility index (Phi) is 7.65. The highest BCUT2D eigenvalue weighted by atomic mass is 16.6. The van der Waals surface area contributed by atoms with Crippen molar-refractivity contribution in [3.05, 3.63) is 92.3 Å². The molecule has 2 aromatic carbocycles. The van der Waals surface area contributed by atoms with Crippen molar-refractivity contribution in [2.75, 3.05) is 19.0 Å². The molecule has 1 amide bonds. The summed E-state index contributed by atoms with van der Waals surface area (Å²) in [6.07, 6.45) is 0. The number of carbonyl (C=O) groups excluding carboxylic acids is 3. The Morgan fingerprint density at radius 2 is 1.71 bits per heavy atom. The molecule has 0 spiro atoms. The van der Waals surface area contributed by atoms with Crippen LogP contribution in [-0.2, 0) is 19.1 Å². The SMILES string of the molecule is CCOC(=O)c1ccccc1NC(=O)C1=C(C)NC(C)=C(C(=O)OC)C1c1cccc([N+](=O)[O-])c1. The molecule has 182 valence electrons. The minimum atomic E-state index is -0.960. The summed E-state index contributed by atoms with van der Waals surface area (Å²) >= 11 is 0. The molecule has 2 aromatic rings. The normalized spacial score (nSPS) is 15.3. The number of non-ortho nitro benzene ring substituents is 1. The van der Waals surface area contributed by atoms with Crippen molar-refractivity contribution in [1.82, 2.24) is 5.32 Å². The van der Waals surface area contributed by atoms with Crippen LogP contribution in [0.4, 0.5) is 11.4 Å². The zero-order chi connectivity index (χ0) is 25.7. The summed E-state index contributed by atoms with van der Waals surface area (Å²) in [6, 6.07) is 12.1. The molecule has 1 aliphatic heterocycles. The van der Waals surface area contributed by atoms with Crippen LogP contribution in [0.5, 0.6) is 0 Å². The van der Waals surface area contributed by atoms with Crippen molar-refractivity contribution >= 4 is 29.2 Å². The highest BCUT2D eigenvalue weighted by Gasteiger charge is 2.37. The third kappa shape index (κ3) is 5.21. The summed E-state index contributed by atoms with van der Waals surface area (Å²) in [5.74, 6) is -2.84. The lowest BCUT2D eigenvalue weighted by molar-refractivity contribution is -0.384. The Hall–Kier alpha value is -4.47. The predicted molar refractivity (Wildman–Crippen MR) is 127 cm³/mol. The number of hydrogen-bond acceptors (Lipinski definition) is 8. The van der Waals surface area contributed by atoms with Crippen LogP contribution in [0.2, 0.25) is 0 Å². The zero-order valence-corrected chi connectivity index (χ0v) is 19.7. The number of nitro groups is 1. The monoisotopic (exact) mass is 479 g/mol. The Morgan fingerprint density at radius 3 is 2.37 bits per heavy atom. The lowest BCUT2D eigenvalue weighted by atomic mass is 9.80. The number of hydrogen-bond donors (Lipinski definition) is 2. The molecule has 0 fully saturated rings. The molecule has 35 heavy (non-hydrogen) atoms. The maximum absolute atomic E-state index is 13.6. The van der Waals surface area contributed by atoms with E-state index in [1.165, 1.54) is 31.4 Å². The van der Waals surface area contributed by atoms with E-state index in [2.05, 4.69) is 10.6 Å². The molecule has 0 aliphatic carbocycles. The van der Waals surface area contributed by atoms with Crippen LogP contribution in [0.25, 0.3) is 0 Å². The van der Waals surface area contributed by atoms with Crippen molar-refractivity contribution in [1.29, 1.82) is 0 Å². The second-order valence-electron chi connectivity index (χ2n) is 7.70. The highest BCUT2D eigenvalue weighted by molar-refractivity contribution is 6.10. The van der Waals surface area contributed by atoms with Crippen molar-refractivity contribution in [2.45, 2.75) is 26.7 Å². The molecular weight excluding hydrogens is 454 g/mol. The van der Waals surface area contributed by atoms with E-state index in [9.17, 15) is 24.5 Å². The van der Waals surface area contributed by atoms with Crippen molar-refractivity contribution in [3.63, 3.8) is 0 Å². The maximum atomic E-state index is 13.6. The number of benzene rings is 2. The lowest BCUT2D eigenvalue weighted by Crippen LogP contribution is -2.34. The lowest BCUT2D eigenvalue weighted by Gasteiger charge is -2.30. The largest absolute Gasteiger partial charge is 0.466 e. The number of allylic oxidation sites excluding steroid dienone is 2. The minimum absolute atomic E-state index is 0.141. The molecule has 2 N–H and O–H groups in total. The average molecular weight is 479 g/mol. The topological polar surface area (TPSA) is 137 Å². The molecule has 0 saturated heterocycles. The number of dihydropyridines is 1. The number of nitro benzene ring substituents is 1. The number of para-hydroxylation sites is 1. The molecule has 0 aromatic heterocycles. The van der Waals surface area contributed by atoms with Crippen LogP contribution >= 0.6 is 0 Å². The Bertz CT molecular complexity index is 1260. The first-order valence-corrected chi connectivity index (χ1v) is 10.8. The van der Waals surface area contributed by atoms with Gasteiger partial charge in [-0.25, -0.2) is 9.59 Å². The Morgan fingerprint density at radius 1 is 1.03 bits per heavy atom. The number of methoxy groups -OCH3 is 1. The third-order valence-corrected chi connectivity index (χ3v) is 5.50. The molecule has 1 atom stereocenters. The van der Waals surface area contributed by atoms with Gasteiger partial charge in [-0.1, -0.05) is 24.3 Å². The van der Waals surface area contributed by atoms with Gasteiger partial charge in [-0.3, -0.25) is 14.9 Å². The van der Waals surface area contributed by atoms with Crippen LogP contribution in [0, 0.1) is 10.1 Å². The second-order valence-corrected chi connectivity index (χ2v) is 7.70. The number of nitrogens with zero attached hydrogens (tertiary/aromatic N) is 1. The van der Waals surface area contributed by atoms with Gasteiger partial charge in [-0.05, 0) is 38.5 Å². The molecular formula is C25H25N3O7. The molecule has 0 saturated carbocycles. The Balaban J connectivity index is 2.12. The average Bonchev–Trinajstić information content (AvgIpc) is 2.83. The molecule has 0 bridgehead atoms. The molecule has 1 unspecified atom stereocenters. The minimum Gasteiger partial charge on any atom is -0.466 e. The van der Waals surface area contributed by atoms with Crippen LogP contribution < -0.4 is 10.6 Å². The number of ether oxygens (including phenoxy) is 2. The fourth-order valence-electron chi connectivity index (χ4n) is 4.00. The summed E-state index contributed by atoms with van der Waals surface area (Å²) in [7, 11) is 1.22. The first-order valence-electron chi connectivity index (χ1n) is 10.8. The molecule has 1 aliphatic rings. The van der Waals surface area contributed by atoms with Gasteiger partial charge < -0.3 is 20.1 Å². The quantitative estimate of drug-likeness (QED) is 0.347. The van der Waals surface area contributed by atoms with Gasteiger partial charge in [-0.2, -0.15) is 0 Å². The van der Waals surface area contributed by atoms with E-state index in [1.54, 1.807) is 45.0 Å². The van der Waals surface area contributed by atoms with Crippen molar-refractivity contribution < 1.29 is 28.8 Å². The zero-order valence-electron chi connectivity index (χ0n) is 19.7. The summed E-state index contributed by atoms with van der Waals surface area (Å²) in [5.41, 5.74) is 1.75. The van der Waals surface area contributed by atoms with Gasteiger partial charge in [0.25, 0.3) is 11.6 Å². The highest BCUT2D eigenvalue weighted by Crippen LogP contribution is 2.40. The van der Waals surface area contributed by atoms with Gasteiger partial charge in [-0.15, -0.1) is 0 Å². The van der Waals surface area contributed by atoms with Crippen LogP contribution in [0.15, 0.2) is 71.1 Å². The first-order chi connectivity index (χ1) is 16.7. The number of rotatable bonds is 7.